The highest BCUT2D eigenvalue weighted by atomic mass is 32.1. The second kappa shape index (κ2) is 5.70. The molecule has 20 heavy (non-hydrogen) atoms. The first kappa shape index (κ1) is 13.8. The van der Waals surface area contributed by atoms with Crippen molar-refractivity contribution in [3.63, 3.8) is 0 Å². The van der Waals surface area contributed by atoms with Crippen LogP contribution in [0.3, 0.4) is 0 Å². The van der Waals surface area contributed by atoms with Gasteiger partial charge in [-0.15, -0.1) is 11.3 Å². The maximum Gasteiger partial charge on any atom is 0.215 e. The molecule has 0 aliphatic carbocycles. The number of hydrogen-bond acceptors (Lipinski definition) is 4. The number of fused-ring (bicyclic) bond motifs is 3. The van der Waals surface area contributed by atoms with Crippen molar-refractivity contribution < 1.29 is 4.74 Å². The molecule has 2 aromatic rings. The van der Waals surface area contributed by atoms with E-state index in [1.165, 1.54) is 42.4 Å². The molecule has 0 aromatic carbocycles. The third-order valence-electron chi connectivity index (χ3n) is 4.35. The third-order valence-corrected chi connectivity index (χ3v) is 5.22. The van der Waals surface area contributed by atoms with Gasteiger partial charge in [-0.25, -0.2) is 4.98 Å². The van der Waals surface area contributed by atoms with E-state index in [1.807, 2.05) is 6.20 Å². The Balaban J connectivity index is 0.00000121. The molecule has 3 atom stereocenters. The quantitative estimate of drug-likeness (QED) is 0.831. The Hall–Kier alpha value is -1.13. The van der Waals surface area contributed by atoms with E-state index in [-0.39, 0.29) is 13.7 Å². The topological polar surface area (TPSA) is 25.4 Å². The summed E-state index contributed by atoms with van der Waals surface area (Å²) in [6.45, 7) is 2.40. The van der Waals surface area contributed by atoms with Gasteiger partial charge < -0.3 is 4.74 Å². The molecule has 0 saturated carbocycles. The second-order valence-corrected chi connectivity index (χ2v) is 6.58. The molecule has 2 fully saturated rings. The fourth-order valence-electron chi connectivity index (χ4n) is 3.34. The smallest absolute Gasteiger partial charge is 0.215 e. The first-order valence-corrected chi connectivity index (χ1v) is 8.00. The summed E-state index contributed by atoms with van der Waals surface area (Å²) in [5, 5.41) is 3.34. The molecule has 0 radical (unpaired) electrons. The number of thiophene rings is 1. The SMILES string of the molecule is C.c1cc2cc(OC3CCC4CCCN3C4)ncc2s1. The molecule has 3 nitrogen and oxygen atoms in total. The van der Waals surface area contributed by atoms with Crippen LogP contribution in [0.25, 0.3) is 10.1 Å². The zero-order valence-electron chi connectivity index (χ0n) is 10.9. The summed E-state index contributed by atoms with van der Waals surface area (Å²) in [4.78, 5) is 6.94. The molecule has 4 heteroatoms. The molecular formula is C16H22N2OS. The Labute approximate surface area is 124 Å². The molecule has 0 N–H and O–H groups in total. The lowest BCUT2D eigenvalue weighted by atomic mass is 9.89. The maximum atomic E-state index is 6.14. The maximum absolute atomic E-state index is 6.14. The van der Waals surface area contributed by atoms with Crippen LogP contribution in [0, 0.1) is 5.92 Å². The summed E-state index contributed by atoms with van der Waals surface area (Å²) in [7, 11) is 0. The monoisotopic (exact) mass is 290 g/mol. The minimum absolute atomic E-state index is 0. The van der Waals surface area contributed by atoms with Crippen LogP contribution in [0.5, 0.6) is 5.88 Å². The molecule has 0 amide bonds. The highest BCUT2D eigenvalue weighted by Gasteiger charge is 2.32. The Bertz CT molecular complexity index is 583. The highest BCUT2D eigenvalue weighted by molar-refractivity contribution is 7.17. The number of piperidine rings is 2. The highest BCUT2D eigenvalue weighted by Crippen LogP contribution is 2.31. The van der Waals surface area contributed by atoms with Gasteiger partial charge in [0.15, 0.2) is 6.23 Å². The normalized spacial score (nSPS) is 28.9. The molecule has 2 aliphatic rings. The molecule has 2 aromatic heterocycles. The number of ether oxygens (including phenoxy) is 1. The fraction of sp³-hybridized carbons (Fsp3) is 0.562. The van der Waals surface area contributed by atoms with E-state index in [2.05, 4.69) is 27.4 Å². The van der Waals surface area contributed by atoms with E-state index in [0.29, 0.717) is 0 Å². The Kier molecular flexibility index (Phi) is 3.94. The van der Waals surface area contributed by atoms with Crippen LogP contribution in [0.15, 0.2) is 23.7 Å². The van der Waals surface area contributed by atoms with Crippen molar-refractivity contribution in [1.29, 1.82) is 0 Å². The first-order valence-electron chi connectivity index (χ1n) is 7.12. The van der Waals surface area contributed by atoms with Gasteiger partial charge in [0.2, 0.25) is 5.88 Å². The first-order chi connectivity index (χ1) is 9.38. The number of pyridine rings is 1. The van der Waals surface area contributed by atoms with E-state index in [4.69, 9.17) is 4.74 Å². The van der Waals surface area contributed by atoms with Crippen molar-refractivity contribution in [2.75, 3.05) is 13.1 Å². The van der Waals surface area contributed by atoms with Gasteiger partial charge in [-0.2, -0.15) is 0 Å². The van der Waals surface area contributed by atoms with Crippen LogP contribution in [0.1, 0.15) is 33.1 Å². The second-order valence-electron chi connectivity index (χ2n) is 5.63. The van der Waals surface area contributed by atoms with Gasteiger partial charge in [-0.3, -0.25) is 4.90 Å². The van der Waals surface area contributed by atoms with Crippen LogP contribution in [0.2, 0.25) is 0 Å². The number of hydrogen-bond donors (Lipinski definition) is 0. The molecule has 4 rings (SSSR count). The largest absolute Gasteiger partial charge is 0.458 e. The third kappa shape index (κ3) is 2.54. The lowest BCUT2D eigenvalue weighted by Crippen LogP contribution is -2.49. The molecule has 3 unspecified atom stereocenters. The summed E-state index contributed by atoms with van der Waals surface area (Å²) in [6, 6.07) is 4.20. The van der Waals surface area contributed by atoms with Crippen molar-refractivity contribution in [2.24, 2.45) is 5.92 Å². The molecule has 108 valence electrons. The zero-order chi connectivity index (χ0) is 12.7. The summed E-state index contributed by atoms with van der Waals surface area (Å²) in [5.41, 5.74) is 0. The standard InChI is InChI=1S/C15H18N2OS.CH4/c1-2-11-3-4-15(17(6-1)10-11)18-14-8-12-5-7-19-13(12)9-16-14;/h5,7-9,11,15H,1-4,6,10H2;1H4. The van der Waals surface area contributed by atoms with E-state index < -0.39 is 0 Å². The zero-order valence-corrected chi connectivity index (χ0v) is 11.7. The van der Waals surface area contributed by atoms with Gasteiger partial charge in [0.05, 0.1) is 4.70 Å². The van der Waals surface area contributed by atoms with Gasteiger partial charge in [0.25, 0.3) is 0 Å². The van der Waals surface area contributed by atoms with E-state index >= 15 is 0 Å². The Morgan fingerprint density at radius 3 is 3.20 bits per heavy atom. The lowest BCUT2D eigenvalue weighted by molar-refractivity contribution is -0.0450. The van der Waals surface area contributed by atoms with E-state index in [1.54, 1.807) is 11.3 Å². The number of nitrogens with zero attached hydrogens (tertiary/aromatic N) is 2. The van der Waals surface area contributed by atoms with Crippen molar-refractivity contribution in [3.8, 4) is 5.88 Å². The van der Waals surface area contributed by atoms with Crippen LogP contribution < -0.4 is 4.74 Å². The summed E-state index contributed by atoms with van der Waals surface area (Å²) < 4.78 is 7.37. The minimum atomic E-state index is 0. The molecule has 4 heterocycles. The lowest BCUT2D eigenvalue weighted by Gasteiger charge is -2.42. The fourth-order valence-corrected chi connectivity index (χ4v) is 4.08. The van der Waals surface area contributed by atoms with Crippen LogP contribution in [0.4, 0.5) is 0 Å². The van der Waals surface area contributed by atoms with E-state index in [0.717, 1.165) is 18.2 Å². The minimum Gasteiger partial charge on any atom is -0.458 e. The van der Waals surface area contributed by atoms with Gasteiger partial charge in [0.1, 0.15) is 0 Å². The average molecular weight is 290 g/mol. The van der Waals surface area contributed by atoms with Crippen molar-refractivity contribution in [2.45, 2.75) is 39.3 Å². The van der Waals surface area contributed by atoms with E-state index in [9.17, 15) is 0 Å². The number of rotatable bonds is 2. The van der Waals surface area contributed by atoms with Crippen molar-refractivity contribution in [1.82, 2.24) is 9.88 Å². The van der Waals surface area contributed by atoms with Crippen LogP contribution >= 0.6 is 11.3 Å². The predicted molar refractivity (Wildman–Crippen MR) is 84.3 cm³/mol. The van der Waals surface area contributed by atoms with Gasteiger partial charge in [-0.05, 0) is 48.4 Å². The summed E-state index contributed by atoms with van der Waals surface area (Å²) >= 11 is 1.73. The molecular weight excluding hydrogens is 268 g/mol. The van der Waals surface area contributed by atoms with Crippen molar-refractivity contribution in [3.05, 3.63) is 23.7 Å². The van der Waals surface area contributed by atoms with Crippen LogP contribution in [-0.4, -0.2) is 29.2 Å². The number of aromatic nitrogens is 1. The summed E-state index contributed by atoms with van der Waals surface area (Å²) in [5.74, 6) is 1.68. The van der Waals surface area contributed by atoms with Gasteiger partial charge in [0, 0.05) is 25.4 Å². The molecule has 2 saturated heterocycles. The predicted octanol–water partition coefficient (Wildman–Crippen LogP) is 4.14. The Morgan fingerprint density at radius 1 is 1.30 bits per heavy atom. The molecule has 0 spiro atoms. The molecule has 2 bridgehead atoms. The van der Waals surface area contributed by atoms with Crippen molar-refractivity contribution >= 4 is 21.4 Å². The van der Waals surface area contributed by atoms with Gasteiger partial charge in [-0.1, -0.05) is 7.43 Å². The van der Waals surface area contributed by atoms with Crippen LogP contribution in [-0.2, 0) is 0 Å². The van der Waals surface area contributed by atoms with Gasteiger partial charge >= 0.3 is 0 Å². The molecule has 2 aliphatic heterocycles. The average Bonchev–Trinajstić information content (AvgIpc) is 2.90. The Morgan fingerprint density at radius 2 is 2.25 bits per heavy atom. The summed E-state index contributed by atoms with van der Waals surface area (Å²) in [6.07, 6.45) is 7.34.